The number of benzene rings is 1. The second-order valence-corrected chi connectivity index (χ2v) is 15.3. The van der Waals surface area contributed by atoms with E-state index in [2.05, 4.69) is 65.1 Å². The Labute approximate surface area is 391 Å². The summed E-state index contributed by atoms with van der Waals surface area (Å²) in [7, 11) is 0. The number of carbonyl (C=O) groups excluding carboxylic acids is 10. The summed E-state index contributed by atoms with van der Waals surface area (Å²) in [5.74, 6) is -8.89. The number of aliphatic hydroxyl groups excluding tert-OH is 1. The highest BCUT2D eigenvalue weighted by Gasteiger charge is 2.33. The average Bonchev–Trinajstić information content (AvgIpc) is 3.28. The van der Waals surface area contributed by atoms with E-state index in [9.17, 15) is 53.1 Å². The zero-order chi connectivity index (χ0) is 50.6. The van der Waals surface area contributed by atoms with E-state index in [1.165, 1.54) is 13.8 Å². The van der Waals surface area contributed by atoms with Gasteiger partial charge in [-0.1, -0.05) is 30.3 Å². The van der Waals surface area contributed by atoms with Crippen LogP contribution < -0.4 is 76.9 Å². The molecule has 21 N–H and O–H groups in total. The Kier molecular flexibility index (Phi) is 26.8. The van der Waals surface area contributed by atoms with E-state index >= 15 is 0 Å². The molecule has 67 heavy (non-hydrogen) atoms. The highest BCUT2D eigenvalue weighted by atomic mass is 32.1. The molecule has 0 spiro atoms. The molecule has 0 bridgehead atoms. The second kappa shape index (κ2) is 31.0. The Hall–Kier alpha value is -7.07. The molecule has 28 heteroatoms. The van der Waals surface area contributed by atoms with Crippen LogP contribution in [0.3, 0.4) is 0 Å². The van der Waals surface area contributed by atoms with Crippen LogP contribution in [0.15, 0.2) is 40.3 Å². The van der Waals surface area contributed by atoms with Crippen LogP contribution in [0.2, 0.25) is 0 Å². The fourth-order valence-electron chi connectivity index (χ4n) is 5.78. The second-order valence-electron chi connectivity index (χ2n) is 14.9. The lowest BCUT2D eigenvalue weighted by molar-refractivity contribution is -0.136. The molecule has 27 nitrogen and oxygen atoms in total. The molecule has 0 radical (unpaired) electrons. The van der Waals surface area contributed by atoms with E-state index in [4.69, 9.17) is 34.4 Å². The predicted octanol–water partition coefficient (Wildman–Crippen LogP) is -7.79. The minimum atomic E-state index is -1.70. The number of hydrogen-bond donors (Lipinski definition) is 16. The maximum absolute atomic E-state index is 13.8. The van der Waals surface area contributed by atoms with Gasteiger partial charge in [0.2, 0.25) is 53.2 Å². The molecular weight excluding hydrogens is 901 g/mol. The van der Waals surface area contributed by atoms with Crippen LogP contribution >= 0.6 is 12.6 Å². The Morgan fingerprint density at radius 3 is 1.55 bits per heavy atom. The highest BCUT2D eigenvalue weighted by Crippen LogP contribution is 2.08. The molecule has 0 aliphatic heterocycles. The summed E-state index contributed by atoms with van der Waals surface area (Å²) in [6, 6.07) is -2.64. The first-order valence-corrected chi connectivity index (χ1v) is 21.5. The van der Waals surface area contributed by atoms with Gasteiger partial charge in [-0.3, -0.25) is 53.1 Å². The third-order valence-corrected chi connectivity index (χ3v) is 9.64. The molecule has 0 aromatic heterocycles. The average molecular weight is 965 g/mol. The van der Waals surface area contributed by atoms with Gasteiger partial charge in [0.1, 0.15) is 48.6 Å². The number of nitrogens with zero attached hydrogens (tertiary/aromatic N) is 2. The number of nitrogens with one attached hydrogen (secondary N) is 8. The summed E-state index contributed by atoms with van der Waals surface area (Å²) in [4.78, 5) is 136. The zero-order valence-electron chi connectivity index (χ0n) is 37.2. The van der Waals surface area contributed by atoms with Crippen LogP contribution in [0.4, 0.5) is 0 Å². The molecule has 0 heterocycles. The fraction of sp³-hybridized carbons (Fsp3) is 0.538. The fourth-order valence-corrected chi connectivity index (χ4v) is 6.04. The number of amides is 9. The first-order chi connectivity index (χ1) is 31.6. The lowest BCUT2D eigenvalue weighted by atomic mass is 10.0. The molecule has 8 atom stereocenters. The van der Waals surface area contributed by atoms with Crippen LogP contribution in [0, 0.1) is 0 Å². The SMILES string of the molecule is C[C@H](NC(=O)[C@H](CO)NC(=O)[C@H](Cc1ccccc1)NC(=O)[C@H](CS)NC(=O)[C@H](CC(N)=O)NC(=O)CN)C(=O)N[C@@H](CCCN=C(N)N)C(=O)N[C@@H](CCCN=C(N)N)C(=O)N[C@@H](C)C=O. The van der Waals surface area contributed by atoms with E-state index < -0.39 is 121 Å². The van der Waals surface area contributed by atoms with Crippen molar-refractivity contribution in [1.82, 2.24) is 42.5 Å². The molecule has 0 aliphatic rings. The molecule has 1 rings (SSSR count). The maximum atomic E-state index is 13.8. The first-order valence-electron chi connectivity index (χ1n) is 20.9. The van der Waals surface area contributed by atoms with Crippen LogP contribution in [-0.4, -0.2) is 157 Å². The molecule has 9 amide bonds. The first kappa shape index (κ1) is 57.9. The number of hydrogen-bond acceptors (Lipinski definition) is 15. The summed E-state index contributed by atoms with van der Waals surface area (Å²) in [5, 5.41) is 29.5. The summed E-state index contributed by atoms with van der Waals surface area (Å²) in [6.45, 7) is 1.32. The molecule has 0 saturated heterocycles. The number of nitrogens with two attached hydrogens (primary N) is 6. The van der Waals surface area contributed by atoms with E-state index in [0.29, 0.717) is 11.8 Å². The van der Waals surface area contributed by atoms with E-state index in [1.54, 1.807) is 30.3 Å². The Morgan fingerprint density at radius 2 is 1.06 bits per heavy atom. The normalized spacial score (nSPS) is 14.2. The maximum Gasteiger partial charge on any atom is 0.245 e. The lowest BCUT2D eigenvalue weighted by Gasteiger charge is -2.26. The Morgan fingerprint density at radius 1 is 0.612 bits per heavy atom. The summed E-state index contributed by atoms with van der Waals surface area (Å²) in [5.41, 5.74) is 32.6. The van der Waals surface area contributed by atoms with E-state index in [1.807, 2.05) is 0 Å². The standard InChI is InChI=1S/C39H64N16O11S/c1-20(17-56)48-32(61)23(10-6-12-46-38(42)43)52-33(62)24(11-7-13-47-39(44)45)51-31(60)21(2)49-36(65)27(18-57)54-34(63)25(14-22-8-4-3-5-9-22)53-37(66)28(19-67)55-35(64)26(15-29(41)58)50-30(59)16-40/h3-5,8-9,17,20-21,23-28,57,67H,6-7,10-16,18-19,40H2,1-2H3,(H2,41,58)(H,48,61)(H,49,65)(H,50,59)(H,51,60)(H,52,62)(H,53,66)(H,54,63)(H,55,64)(H4,42,43,46)(H4,44,45,47)/t20-,21-,23-,24-,25-,26-,27-,28-/m0/s1. The van der Waals surface area contributed by atoms with Crippen molar-refractivity contribution in [2.45, 2.75) is 101 Å². The highest BCUT2D eigenvalue weighted by molar-refractivity contribution is 7.80. The van der Waals surface area contributed by atoms with Crippen molar-refractivity contribution in [3.05, 3.63) is 35.9 Å². The van der Waals surface area contributed by atoms with Gasteiger partial charge in [-0.25, -0.2) is 0 Å². The Balaban J connectivity index is 3.27. The molecule has 0 aliphatic carbocycles. The number of guanidine groups is 2. The zero-order valence-corrected chi connectivity index (χ0v) is 38.1. The van der Waals surface area contributed by atoms with Crippen molar-refractivity contribution in [1.29, 1.82) is 0 Å². The quantitative estimate of drug-likeness (QED) is 0.0108. The molecule has 0 unspecified atom stereocenters. The van der Waals surface area contributed by atoms with Crippen LogP contribution in [0.1, 0.15) is 51.5 Å². The summed E-state index contributed by atoms with van der Waals surface area (Å²) >= 11 is 4.13. The molecule has 0 saturated carbocycles. The minimum Gasteiger partial charge on any atom is -0.394 e. The van der Waals surface area contributed by atoms with Crippen molar-refractivity contribution in [2.75, 3.05) is 32.0 Å². The van der Waals surface area contributed by atoms with Crippen molar-refractivity contribution >= 4 is 84.0 Å². The number of aliphatic imine (C=N–C) groups is 2. The topological polar surface area (TPSA) is 468 Å². The summed E-state index contributed by atoms with van der Waals surface area (Å²) < 4.78 is 0. The van der Waals surface area contributed by atoms with Gasteiger partial charge in [-0.05, 0) is 45.1 Å². The summed E-state index contributed by atoms with van der Waals surface area (Å²) in [6.07, 6.45) is 0.0253. The molecule has 0 fully saturated rings. The van der Waals surface area contributed by atoms with Gasteiger partial charge in [-0.15, -0.1) is 0 Å². The number of thiol groups is 1. The monoisotopic (exact) mass is 964 g/mol. The van der Waals surface area contributed by atoms with Crippen LogP contribution in [0.5, 0.6) is 0 Å². The third kappa shape index (κ3) is 23.1. The smallest absolute Gasteiger partial charge is 0.245 e. The molecular formula is C39H64N16O11S. The van der Waals surface area contributed by atoms with Crippen molar-refractivity contribution in [3.63, 3.8) is 0 Å². The van der Waals surface area contributed by atoms with Crippen molar-refractivity contribution < 1.29 is 53.1 Å². The van der Waals surface area contributed by atoms with Gasteiger partial charge >= 0.3 is 0 Å². The number of rotatable bonds is 31. The van der Waals surface area contributed by atoms with Crippen LogP contribution in [-0.2, 0) is 54.4 Å². The lowest BCUT2D eigenvalue weighted by Crippen LogP contribution is -2.61. The molecule has 1 aromatic rings. The number of aldehydes is 1. The van der Waals surface area contributed by atoms with E-state index in [0.717, 1.165) is 0 Å². The van der Waals surface area contributed by atoms with Gasteiger partial charge < -0.3 is 86.8 Å². The minimum absolute atomic E-state index is 0.0207. The van der Waals surface area contributed by atoms with Crippen LogP contribution in [0.25, 0.3) is 0 Å². The van der Waals surface area contributed by atoms with Crippen molar-refractivity contribution in [3.8, 4) is 0 Å². The van der Waals surface area contributed by atoms with Gasteiger partial charge in [0.15, 0.2) is 11.9 Å². The molecule has 1 aromatic carbocycles. The van der Waals surface area contributed by atoms with E-state index in [-0.39, 0.29) is 62.9 Å². The number of carbonyl (C=O) groups is 10. The number of aliphatic hydroxyl groups is 1. The largest absolute Gasteiger partial charge is 0.394 e. The van der Waals surface area contributed by atoms with Gasteiger partial charge in [0.05, 0.1) is 25.6 Å². The van der Waals surface area contributed by atoms with Gasteiger partial charge in [0.25, 0.3) is 0 Å². The molecule has 372 valence electrons. The predicted molar refractivity (Wildman–Crippen MR) is 247 cm³/mol. The third-order valence-electron chi connectivity index (χ3n) is 9.27. The Bertz CT molecular complexity index is 1920. The van der Waals surface area contributed by atoms with Gasteiger partial charge in [0, 0.05) is 25.3 Å². The number of primary amides is 1. The van der Waals surface area contributed by atoms with Crippen molar-refractivity contribution in [2.24, 2.45) is 44.4 Å². The van der Waals surface area contributed by atoms with Gasteiger partial charge in [-0.2, -0.15) is 12.6 Å².